The van der Waals surface area contributed by atoms with Gasteiger partial charge in [0.05, 0.1) is 21.0 Å². The van der Waals surface area contributed by atoms with E-state index < -0.39 is 16.1 Å². The Hall–Kier alpha value is -2.59. The van der Waals surface area contributed by atoms with E-state index in [4.69, 9.17) is 27.9 Å². The number of fused-ring (bicyclic) bond motifs is 1. The Morgan fingerprint density at radius 1 is 1.13 bits per heavy atom. The van der Waals surface area contributed by atoms with Gasteiger partial charge in [-0.1, -0.05) is 28.3 Å². The third kappa shape index (κ3) is 4.40. The fraction of sp³-hybridized carbons (Fsp3) is 0.200. The normalized spacial score (nSPS) is 12.9. The van der Waals surface area contributed by atoms with Crippen molar-refractivity contribution in [3.63, 3.8) is 0 Å². The van der Waals surface area contributed by atoms with Crippen molar-refractivity contribution in [3.05, 3.63) is 64.5 Å². The van der Waals surface area contributed by atoms with Crippen LogP contribution in [-0.2, 0) is 16.6 Å². The number of nitrogens with one attached hydrogen (secondary N) is 2. The predicted octanol–water partition coefficient (Wildman–Crippen LogP) is 4.92. The molecule has 11 heteroatoms. The van der Waals surface area contributed by atoms with Gasteiger partial charge in [0.2, 0.25) is 10.0 Å². The van der Waals surface area contributed by atoms with Gasteiger partial charge < -0.3 is 9.72 Å². The van der Waals surface area contributed by atoms with E-state index in [1.807, 2.05) is 37.4 Å². The van der Waals surface area contributed by atoms with Crippen LogP contribution in [0.3, 0.4) is 0 Å². The van der Waals surface area contributed by atoms with Gasteiger partial charge in [0.15, 0.2) is 5.82 Å². The van der Waals surface area contributed by atoms with E-state index in [1.54, 1.807) is 11.5 Å². The molecule has 2 heterocycles. The number of nitrogens with zero attached hydrogens (tertiary/aromatic N) is 3. The summed E-state index contributed by atoms with van der Waals surface area (Å²) in [6.07, 6.45) is 1.85. The Labute approximate surface area is 189 Å². The lowest BCUT2D eigenvalue weighted by atomic mass is 10.2. The van der Waals surface area contributed by atoms with E-state index in [0.29, 0.717) is 18.1 Å². The Bertz CT molecular complexity index is 1350. The molecule has 4 aromatic rings. The number of ether oxygens (including phenoxy) is 1. The molecule has 0 fully saturated rings. The molecule has 1 atom stereocenters. The second-order valence-corrected chi connectivity index (χ2v) is 9.36. The summed E-state index contributed by atoms with van der Waals surface area (Å²) in [6, 6.07) is 11.3. The number of benzene rings is 2. The van der Waals surface area contributed by atoms with Crippen LogP contribution in [0.1, 0.15) is 25.7 Å². The molecule has 0 aliphatic rings. The summed E-state index contributed by atoms with van der Waals surface area (Å²) >= 11 is 11.8. The van der Waals surface area contributed by atoms with E-state index in [1.165, 1.54) is 18.2 Å². The Morgan fingerprint density at radius 3 is 2.68 bits per heavy atom. The third-order valence-corrected chi connectivity index (χ3v) is 6.99. The van der Waals surface area contributed by atoms with Crippen molar-refractivity contribution in [2.24, 2.45) is 0 Å². The Morgan fingerprint density at radius 2 is 1.94 bits per heavy atom. The third-order valence-electron chi connectivity index (χ3n) is 4.72. The summed E-state index contributed by atoms with van der Waals surface area (Å²) in [4.78, 5) is 3.13. The number of hydrogen-bond donors (Lipinski definition) is 2. The molecule has 2 aromatic carbocycles. The summed E-state index contributed by atoms with van der Waals surface area (Å²) in [7, 11) is -3.86. The van der Waals surface area contributed by atoms with Crippen LogP contribution in [0.5, 0.6) is 11.8 Å². The zero-order chi connectivity index (χ0) is 22.2. The predicted molar refractivity (Wildman–Crippen MR) is 119 cm³/mol. The molecule has 0 aliphatic heterocycles. The number of aromatic nitrogens is 4. The number of aromatic amines is 1. The minimum atomic E-state index is -3.86. The highest BCUT2D eigenvalue weighted by molar-refractivity contribution is 7.89. The van der Waals surface area contributed by atoms with Crippen molar-refractivity contribution in [3.8, 4) is 11.8 Å². The van der Waals surface area contributed by atoms with Gasteiger partial charge in [-0.25, -0.2) is 13.1 Å². The average molecular weight is 480 g/mol. The molecule has 0 spiro atoms. The minimum absolute atomic E-state index is 0.00703. The highest BCUT2D eigenvalue weighted by atomic mass is 35.5. The largest absolute Gasteiger partial charge is 0.424 e. The van der Waals surface area contributed by atoms with Crippen molar-refractivity contribution < 1.29 is 13.2 Å². The zero-order valence-corrected chi connectivity index (χ0v) is 19.0. The molecule has 0 bridgehead atoms. The minimum Gasteiger partial charge on any atom is -0.424 e. The van der Waals surface area contributed by atoms with Crippen LogP contribution in [0.4, 0.5) is 0 Å². The van der Waals surface area contributed by atoms with Crippen molar-refractivity contribution in [1.82, 2.24) is 24.5 Å². The van der Waals surface area contributed by atoms with Crippen LogP contribution in [0.15, 0.2) is 53.6 Å². The van der Waals surface area contributed by atoms with Gasteiger partial charge in [-0.15, -0.1) is 5.10 Å². The summed E-state index contributed by atoms with van der Waals surface area (Å²) in [5, 5.41) is 9.70. The Kier molecular flexibility index (Phi) is 5.94. The van der Waals surface area contributed by atoms with E-state index in [-0.39, 0.29) is 21.0 Å². The fourth-order valence-electron chi connectivity index (χ4n) is 3.19. The standard InChI is InChI=1S/C20H19Cl2N5O3S/c1-3-27-19(12(2)26-31(28,29)15-5-6-16(21)17(22)11-15)24-25-20(27)30-14-4-7-18-13(10-14)8-9-23-18/h4-12,23,26H,3H2,1-2H3/t12-/m1/s1. The smallest absolute Gasteiger partial charge is 0.322 e. The average Bonchev–Trinajstić information content (AvgIpc) is 3.35. The SMILES string of the molecule is CCn1c(Oc2ccc3[nH]ccc3c2)nnc1[C@@H](C)NS(=O)(=O)c1ccc(Cl)c(Cl)c1. The first kappa shape index (κ1) is 21.6. The maximum Gasteiger partial charge on any atom is 0.322 e. The highest BCUT2D eigenvalue weighted by Crippen LogP contribution is 2.28. The molecule has 2 aromatic heterocycles. The Balaban J connectivity index is 1.57. The van der Waals surface area contributed by atoms with E-state index in [2.05, 4.69) is 19.9 Å². The molecule has 162 valence electrons. The molecule has 2 N–H and O–H groups in total. The quantitative estimate of drug-likeness (QED) is 0.391. The van der Waals surface area contributed by atoms with Crippen LogP contribution in [-0.4, -0.2) is 28.2 Å². The lowest BCUT2D eigenvalue weighted by Crippen LogP contribution is -2.29. The monoisotopic (exact) mass is 479 g/mol. The van der Waals surface area contributed by atoms with E-state index >= 15 is 0 Å². The molecule has 0 radical (unpaired) electrons. The van der Waals surface area contributed by atoms with Gasteiger partial charge in [-0.05, 0) is 56.3 Å². The second kappa shape index (κ2) is 8.51. The number of H-pyrrole nitrogens is 1. The number of sulfonamides is 1. The summed E-state index contributed by atoms with van der Waals surface area (Å²) in [5.41, 5.74) is 0.996. The van der Waals surface area contributed by atoms with Crippen LogP contribution in [0.2, 0.25) is 10.0 Å². The molecule has 31 heavy (non-hydrogen) atoms. The summed E-state index contributed by atoms with van der Waals surface area (Å²) < 4.78 is 35.8. The van der Waals surface area contributed by atoms with E-state index in [9.17, 15) is 8.42 Å². The second-order valence-electron chi connectivity index (χ2n) is 6.83. The van der Waals surface area contributed by atoms with Gasteiger partial charge in [0, 0.05) is 23.6 Å². The number of rotatable bonds is 7. The topological polar surface area (TPSA) is 102 Å². The number of halogens is 2. The molecule has 0 saturated heterocycles. The molecular formula is C20H19Cl2N5O3S. The molecule has 0 aliphatic carbocycles. The molecular weight excluding hydrogens is 461 g/mol. The molecule has 4 rings (SSSR count). The highest BCUT2D eigenvalue weighted by Gasteiger charge is 2.24. The fourth-order valence-corrected chi connectivity index (χ4v) is 4.78. The maximum atomic E-state index is 12.8. The van der Waals surface area contributed by atoms with Crippen molar-refractivity contribution in [2.45, 2.75) is 31.3 Å². The van der Waals surface area contributed by atoms with Crippen molar-refractivity contribution in [1.29, 1.82) is 0 Å². The summed E-state index contributed by atoms with van der Waals surface area (Å²) in [5.74, 6) is 1.02. The number of hydrogen-bond acceptors (Lipinski definition) is 5. The van der Waals surface area contributed by atoms with Crippen LogP contribution in [0.25, 0.3) is 10.9 Å². The summed E-state index contributed by atoms with van der Waals surface area (Å²) in [6.45, 7) is 4.07. The first-order valence-corrected chi connectivity index (χ1v) is 11.7. The van der Waals surface area contributed by atoms with Gasteiger partial charge in [-0.3, -0.25) is 4.57 Å². The maximum absolute atomic E-state index is 12.8. The first-order chi connectivity index (χ1) is 14.8. The van der Waals surface area contributed by atoms with Gasteiger partial charge in [0.25, 0.3) is 0 Å². The van der Waals surface area contributed by atoms with Gasteiger partial charge in [0.1, 0.15) is 5.75 Å². The molecule has 0 amide bonds. The van der Waals surface area contributed by atoms with Gasteiger partial charge in [-0.2, -0.15) is 0 Å². The molecule has 8 nitrogen and oxygen atoms in total. The van der Waals surface area contributed by atoms with Crippen LogP contribution >= 0.6 is 23.2 Å². The van der Waals surface area contributed by atoms with E-state index in [0.717, 1.165) is 10.9 Å². The molecule has 0 saturated carbocycles. The van der Waals surface area contributed by atoms with Crippen LogP contribution < -0.4 is 9.46 Å². The van der Waals surface area contributed by atoms with Crippen molar-refractivity contribution >= 4 is 44.1 Å². The first-order valence-electron chi connectivity index (χ1n) is 9.44. The zero-order valence-electron chi connectivity index (χ0n) is 16.6. The van der Waals surface area contributed by atoms with Crippen molar-refractivity contribution in [2.75, 3.05) is 0 Å². The lowest BCUT2D eigenvalue weighted by molar-refractivity contribution is 0.408. The lowest BCUT2D eigenvalue weighted by Gasteiger charge is -2.15. The van der Waals surface area contributed by atoms with Crippen LogP contribution in [0, 0.1) is 0 Å². The molecule has 0 unspecified atom stereocenters. The van der Waals surface area contributed by atoms with Gasteiger partial charge >= 0.3 is 6.01 Å².